The molecule has 0 fully saturated rings. The molecule has 2 aromatic rings. The minimum atomic E-state index is -0.578. The maximum atomic E-state index is 12.5. The zero-order valence-electron chi connectivity index (χ0n) is 15.2. The Hall–Kier alpha value is -3.02. The standard InChI is InChI=1S/C20H24N2O4/c1-13(2)10-11-26-16-7-4-14(5-8-16)20(24)22-17-12-15(19(21)23)6-9-18(17)25-3/h4-9,12-13H,10-11H2,1-3H3,(H2,21,23)(H,22,24). The summed E-state index contributed by atoms with van der Waals surface area (Å²) in [5.41, 5.74) is 6.42. The summed E-state index contributed by atoms with van der Waals surface area (Å²) >= 11 is 0. The fourth-order valence-electron chi connectivity index (χ4n) is 2.27. The van der Waals surface area contributed by atoms with Crippen LogP contribution in [-0.2, 0) is 0 Å². The third-order valence-electron chi connectivity index (χ3n) is 3.81. The van der Waals surface area contributed by atoms with Crippen molar-refractivity contribution in [3.05, 3.63) is 53.6 Å². The number of hydrogen-bond acceptors (Lipinski definition) is 4. The third-order valence-corrected chi connectivity index (χ3v) is 3.81. The first-order valence-electron chi connectivity index (χ1n) is 8.42. The second-order valence-corrected chi connectivity index (χ2v) is 6.29. The van der Waals surface area contributed by atoms with Gasteiger partial charge in [-0.1, -0.05) is 13.8 Å². The van der Waals surface area contributed by atoms with Crippen LogP contribution in [-0.4, -0.2) is 25.5 Å². The zero-order chi connectivity index (χ0) is 19.1. The fourth-order valence-corrected chi connectivity index (χ4v) is 2.27. The largest absolute Gasteiger partial charge is 0.495 e. The van der Waals surface area contributed by atoms with Crippen LogP contribution < -0.4 is 20.5 Å². The average molecular weight is 356 g/mol. The summed E-state index contributed by atoms with van der Waals surface area (Å²) < 4.78 is 10.9. The van der Waals surface area contributed by atoms with Crippen molar-refractivity contribution in [2.75, 3.05) is 19.0 Å². The zero-order valence-corrected chi connectivity index (χ0v) is 15.2. The molecule has 0 atom stereocenters. The highest BCUT2D eigenvalue weighted by molar-refractivity contribution is 6.06. The minimum absolute atomic E-state index is 0.287. The van der Waals surface area contributed by atoms with E-state index in [0.29, 0.717) is 29.5 Å². The van der Waals surface area contributed by atoms with Crippen molar-refractivity contribution in [3.8, 4) is 11.5 Å². The van der Waals surface area contributed by atoms with E-state index in [4.69, 9.17) is 15.2 Å². The first kappa shape index (κ1) is 19.3. The van der Waals surface area contributed by atoms with Crippen LogP contribution in [0.1, 0.15) is 41.0 Å². The average Bonchev–Trinajstić information content (AvgIpc) is 2.61. The number of carbonyl (C=O) groups excluding carboxylic acids is 2. The Morgan fingerprint density at radius 2 is 1.73 bits per heavy atom. The lowest BCUT2D eigenvalue weighted by atomic mass is 10.1. The molecule has 2 aromatic carbocycles. The van der Waals surface area contributed by atoms with E-state index in [0.717, 1.165) is 12.2 Å². The van der Waals surface area contributed by atoms with Crippen molar-refractivity contribution in [2.24, 2.45) is 11.7 Å². The molecule has 138 valence electrons. The highest BCUT2D eigenvalue weighted by Crippen LogP contribution is 2.26. The second-order valence-electron chi connectivity index (χ2n) is 6.29. The van der Waals surface area contributed by atoms with Crippen LogP contribution in [0.3, 0.4) is 0 Å². The number of ether oxygens (including phenoxy) is 2. The molecule has 2 amide bonds. The molecule has 0 spiro atoms. The van der Waals surface area contributed by atoms with E-state index < -0.39 is 5.91 Å². The molecular formula is C20H24N2O4. The Labute approximate surface area is 153 Å². The first-order valence-corrected chi connectivity index (χ1v) is 8.42. The van der Waals surface area contributed by atoms with E-state index in [1.54, 1.807) is 36.4 Å². The molecule has 0 aliphatic carbocycles. The number of benzene rings is 2. The van der Waals surface area contributed by atoms with Crippen molar-refractivity contribution in [1.29, 1.82) is 0 Å². The lowest BCUT2D eigenvalue weighted by Gasteiger charge is -2.12. The third kappa shape index (κ3) is 5.24. The molecule has 6 nitrogen and oxygen atoms in total. The Bertz CT molecular complexity index is 770. The number of hydrogen-bond donors (Lipinski definition) is 2. The Morgan fingerprint density at radius 3 is 2.31 bits per heavy atom. The molecule has 0 bridgehead atoms. The van der Waals surface area contributed by atoms with E-state index >= 15 is 0 Å². The van der Waals surface area contributed by atoms with E-state index in [9.17, 15) is 9.59 Å². The van der Waals surface area contributed by atoms with Gasteiger partial charge in [0.2, 0.25) is 5.91 Å². The second kappa shape index (κ2) is 8.89. The molecule has 0 aromatic heterocycles. The number of anilines is 1. The Kier molecular flexibility index (Phi) is 6.60. The smallest absolute Gasteiger partial charge is 0.255 e. The molecule has 0 aliphatic heterocycles. The quantitative estimate of drug-likeness (QED) is 0.758. The molecule has 0 unspecified atom stereocenters. The van der Waals surface area contributed by atoms with Crippen LogP contribution in [0.5, 0.6) is 11.5 Å². The van der Waals surface area contributed by atoms with Gasteiger partial charge in [-0.25, -0.2) is 0 Å². The van der Waals surface area contributed by atoms with E-state index in [1.807, 2.05) is 0 Å². The van der Waals surface area contributed by atoms with Gasteiger partial charge in [0.15, 0.2) is 0 Å². The summed E-state index contributed by atoms with van der Waals surface area (Å²) in [6.45, 7) is 4.91. The molecule has 0 radical (unpaired) electrons. The molecule has 0 heterocycles. The van der Waals surface area contributed by atoms with Crippen molar-refractivity contribution < 1.29 is 19.1 Å². The highest BCUT2D eigenvalue weighted by atomic mass is 16.5. The van der Waals surface area contributed by atoms with Crippen LogP contribution in [0, 0.1) is 5.92 Å². The van der Waals surface area contributed by atoms with Gasteiger partial charge in [0.1, 0.15) is 11.5 Å². The Morgan fingerprint density at radius 1 is 1.08 bits per heavy atom. The number of rotatable bonds is 8. The van der Waals surface area contributed by atoms with Gasteiger partial charge in [0, 0.05) is 11.1 Å². The maximum absolute atomic E-state index is 12.5. The summed E-state index contributed by atoms with van der Waals surface area (Å²) in [5, 5.41) is 2.74. The predicted molar refractivity (Wildman–Crippen MR) is 101 cm³/mol. The van der Waals surface area contributed by atoms with Gasteiger partial charge in [-0.05, 0) is 54.8 Å². The van der Waals surface area contributed by atoms with Gasteiger partial charge in [-0.15, -0.1) is 0 Å². The van der Waals surface area contributed by atoms with Gasteiger partial charge in [-0.2, -0.15) is 0 Å². The molecule has 3 N–H and O–H groups in total. The SMILES string of the molecule is COc1ccc(C(N)=O)cc1NC(=O)c1ccc(OCCC(C)C)cc1. The van der Waals surface area contributed by atoms with Crippen LogP contribution in [0.4, 0.5) is 5.69 Å². The summed E-state index contributed by atoms with van der Waals surface area (Å²) in [5.74, 6) is 0.836. The van der Waals surface area contributed by atoms with E-state index in [-0.39, 0.29) is 11.5 Å². The summed E-state index contributed by atoms with van der Waals surface area (Å²) in [4.78, 5) is 23.8. The van der Waals surface area contributed by atoms with Crippen LogP contribution in [0.15, 0.2) is 42.5 Å². The van der Waals surface area contributed by atoms with Gasteiger partial charge in [-0.3, -0.25) is 9.59 Å². The predicted octanol–water partition coefficient (Wildman–Crippen LogP) is 3.47. The molecule has 0 saturated carbocycles. The maximum Gasteiger partial charge on any atom is 0.255 e. The number of nitrogens with two attached hydrogens (primary N) is 1. The minimum Gasteiger partial charge on any atom is -0.495 e. The molecule has 26 heavy (non-hydrogen) atoms. The van der Waals surface area contributed by atoms with E-state index in [2.05, 4.69) is 19.2 Å². The Balaban J connectivity index is 2.07. The van der Waals surface area contributed by atoms with Crippen LogP contribution in [0.2, 0.25) is 0 Å². The summed E-state index contributed by atoms with van der Waals surface area (Å²) in [6, 6.07) is 11.5. The normalized spacial score (nSPS) is 10.5. The monoisotopic (exact) mass is 356 g/mol. The topological polar surface area (TPSA) is 90.6 Å². The summed E-state index contributed by atoms with van der Waals surface area (Å²) in [7, 11) is 1.48. The molecule has 6 heteroatoms. The first-order chi connectivity index (χ1) is 12.4. The van der Waals surface area contributed by atoms with Crippen LogP contribution in [0.25, 0.3) is 0 Å². The van der Waals surface area contributed by atoms with Gasteiger partial charge in [0.05, 0.1) is 19.4 Å². The number of methoxy groups -OCH3 is 1. The van der Waals surface area contributed by atoms with Crippen LogP contribution >= 0.6 is 0 Å². The van der Waals surface area contributed by atoms with Gasteiger partial charge < -0.3 is 20.5 Å². The fraction of sp³-hybridized carbons (Fsp3) is 0.300. The van der Waals surface area contributed by atoms with Gasteiger partial charge in [0.25, 0.3) is 5.91 Å². The lowest BCUT2D eigenvalue weighted by molar-refractivity contribution is 0.0996. The van der Waals surface area contributed by atoms with E-state index in [1.165, 1.54) is 13.2 Å². The molecule has 0 saturated heterocycles. The molecular weight excluding hydrogens is 332 g/mol. The number of nitrogens with one attached hydrogen (secondary N) is 1. The number of primary amides is 1. The van der Waals surface area contributed by atoms with Crippen molar-refractivity contribution in [3.63, 3.8) is 0 Å². The van der Waals surface area contributed by atoms with Crippen molar-refractivity contribution in [1.82, 2.24) is 0 Å². The van der Waals surface area contributed by atoms with Gasteiger partial charge >= 0.3 is 0 Å². The number of carbonyl (C=O) groups is 2. The molecule has 2 rings (SSSR count). The number of amides is 2. The van der Waals surface area contributed by atoms with Crippen molar-refractivity contribution >= 4 is 17.5 Å². The summed E-state index contributed by atoms with van der Waals surface area (Å²) in [6.07, 6.45) is 0.970. The molecule has 0 aliphatic rings. The lowest BCUT2D eigenvalue weighted by Crippen LogP contribution is -2.15. The highest BCUT2D eigenvalue weighted by Gasteiger charge is 2.12. The van der Waals surface area contributed by atoms with Crippen molar-refractivity contribution in [2.45, 2.75) is 20.3 Å².